The van der Waals surface area contributed by atoms with Crippen LogP contribution in [0.15, 0.2) is 40.5 Å². The second-order valence-electron chi connectivity index (χ2n) is 7.70. The van der Waals surface area contributed by atoms with Crippen LogP contribution >= 0.6 is 11.3 Å². The number of ether oxygens (including phenoxy) is 1. The Bertz CT molecular complexity index is 1330. The van der Waals surface area contributed by atoms with Gasteiger partial charge >= 0.3 is 0 Å². The lowest BCUT2D eigenvalue weighted by molar-refractivity contribution is -0.110. The molecule has 2 fully saturated rings. The van der Waals surface area contributed by atoms with E-state index in [-0.39, 0.29) is 32.9 Å². The van der Waals surface area contributed by atoms with Gasteiger partial charge in [0.1, 0.15) is 5.82 Å². The second-order valence-corrected chi connectivity index (χ2v) is 10.9. The molecule has 1 saturated carbocycles. The quantitative estimate of drug-likeness (QED) is 0.373. The Morgan fingerprint density at radius 1 is 1.21 bits per heavy atom. The average Bonchev–Trinajstić information content (AvgIpc) is 3.40. The lowest BCUT2D eigenvalue weighted by Crippen LogP contribution is -2.25. The third-order valence-corrected chi connectivity index (χ3v) is 8.31. The number of amides is 1. The van der Waals surface area contributed by atoms with E-state index < -0.39 is 15.7 Å². The predicted molar refractivity (Wildman–Crippen MR) is 122 cm³/mol. The maximum absolute atomic E-state index is 13.1. The summed E-state index contributed by atoms with van der Waals surface area (Å²) in [6.45, 7) is 0.942. The SMILES string of the molecule is Nc1cnc2nc(NC(=O)/C(=N/O[C@@H]3CCOC3)c3ccc(S(=O)(=O)C4CC4)cc3)sc2n1. The molecule has 33 heavy (non-hydrogen) atoms. The number of nitrogens with one attached hydrogen (secondary N) is 1. The minimum atomic E-state index is -3.34. The monoisotopic (exact) mass is 488 g/mol. The summed E-state index contributed by atoms with van der Waals surface area (Å²) in [6.07, 6.45) is 3.13. The summed E-state index contributed by atoms with van der Waals surface area (Å²) in [5.74, 6) is -0.321. The first-order chi connectivity index (χ1) is 15.9. The number of carbonyl (C=O) groups is 1. The molecule has 1 aliphatic carbocycles. The molecule has 5 rings (SSSR count). The van der Waals surface area contributed by atoms with E-state index in [1.165, 1.54) is 18.3 Å². The lowest BCUT2D eigenvalue weighted by Gasteiger charge is -2.10. The summed E-state index contributed by atoms with van der Waals surface area (Å²) in [6, 6.07) is 6.06. The van der Waals surface area contributed by atoms with Crippen molar-refractivity contribution < 1.29 is 22.8 Å². The third-order valence-electron chi connectivity index (χ3n) is 5.18. The Labute approximate surface area is 192 Å². The van der Waals surface area contributed by atoms with Gasteiger partial charge in [-0.15, -0.1) is 0 Å². The number of hydrogen-bond acceptors (Lipinski definition) is 11. The molecule has 172 valence electrons. The Morgan fingerprint density at radius 2 is 2.00 bits per heavy atom. The van der Waals surface area contributed by atoms with Crippen LogP contribution in [0.3, 0.4) is 0 Å². The van der Waals surface area contributed by atoms with Gasteiger partial charge in [-0.3, -0.25) is 10.1 Å². The number of nitrogens with zero attached hydrogens (tertiary/aromatic N) is 4. The molecule has 1 amide bonds. The predicted octanol–water partition coefficient (Wildman–Crippen LogP) is 1.75. The molecule has 11 nitrogen and oxygen atoms in total. The Morgan fingerprint density at radius 3 is 2.70 bits per heavy atom. The molecule has 2 aromatic heterocycles. The molecule has 0 radical (unpaired) electrons. The number of aromatic nitrogens is 3. The van der Waals surface area contributed by atoms with Crippen molar-refractivity contribution in [2.45, 2.75) is 35.5 Å². The standard InChI is InChI=1S/C20H20N6O5S2/c21-15-9-22-17-19(23-15)32-20(24-17)25-18(27)16(26-31-12-7-8-30-10-12)11-1-3-13(4-2-11)33(28,29)14-5-6-14/h1-4,9,12,14H,5-8,10H2,(H2,21,23)(H,22,24,25,27)/b26-16+/t12-/m1/s1. The first-order valence-electron chi connectivity index (χ1n) is 10.3. The number of carbonyl (C=O) groups excluding carboxylic acids is 1. The number of benzene rings is 1. The number of thiazole rings is 1. The van der Waals surface area contributed by atoms with E-state index in [2.05, 4.69) is 25.4 Å². The summed E-state index contributed by atoms with van der Waals surface area (Å²) in [5.41, 5.74) is 6.40. The largest absolute Gasteiger partial charge is 0.389 e. The van der Waals surface area contributed by atoms with Gasteiger partial charge in [0.05, 0.1) is 29.6 Å². The van der Waals surface area contributed by atoms with Crippen LogP contribution in [-0.2, 0) is 24.2 Å². The van der Waals surface area contributed by atoms with Crippen LogP contribution in [0.2, 0.25) is 0 Å². The van der Waals surface area contributed by atoms with E-state index in [9.17, 15) is 13.2 Å². The maximum Gasteiger partial charge on any atom is 0.280 e. The van der Waals surface area contributed by atoms with Crippen LogP contribution in [0.1, 0.15) is 24.8 Å². The normalized spacial score (nSPS) is 19.0. The van der Waals surface area contributed by atoms with Crippen molar-refractivity contribution in [2.24, 2.45) is 5.16 Å². The first kappa shape index (κ1) is 21.7. The summed E-state index contributed by atoms with van der Waals surface area (Å²) in [7, 11) is -3.34. The van der Waals surface area contributed by atoms with Gasteiger partial charge in [-0.25, -0.2) is 18.4 Å². The average molecular weight is 489 g/mol. The highest BCUT2D eigenvalue weighted by atomic mass is 32.2. The van der Waals surface area contributed by atoms with Gasteiger partial charge in [0.25, 0.3) is 5.91 Å². The molecular weight excluding hydrogens is 468 g/mol. The number of nitrogen functional groups attached to an aromatic ring is 1. The smallest absolute Gasteiger partial charge is 0.280 e. The summed E-state index contributed by atoms with van der Waals surface area (Å²) in [5, 5.41) is 6.72. The number of anilines is 2. The minimum Gasteiger partial charge on any atom is -0.389 e. The number of rotatable bonds is 7. The summed E-state index contributed by atoms with van der Waals surface area (Å²) >= 11 is 1.12. The maximum atomic E-state index is 13.1. The first-order valence-corrected chi connectivity index (χ1v) is 12.6. The van der Waals surface area contributed by atoms with E-state index in [0.29, 0.717) is 48.5 Å². The van der Waals surface area contributed by atoms with Crippen molar-refractivity contribution in [2.75, 3.05) is 24.3 Å². The molecule has 1 aromatic carbocycles. The fraction of sp³-hybridized carbons (Fsp3) is 0.350. The second kappa shape index (κ2) is 8.65. The van der Waals surface area contributed by atoms with E-state index in [1.807, 2.05) is 0 Å². The summed E-state index contributed by atoms with van der Waals surface area (Å²) in [4.78, 5) is 31.8. The van der Waals surface area contributed by atoms with Crippen molar-refractivity contribution in [3.63, 3.8) is 0 Å². The van der Waals surface area contributed by atoms with Crippen LogP contribution < -0.4 is 11.1 Å². The molecule has 1 atom stereocenters. The number of oxime groups is 1. The molecular formula is C20H20N6O5S2. The molecule has 0 unspecified atom stereocenters. The molecule has 0 bridgehead atoms. The highest BCUT2D eigenvalue weighted by Gasteiger charge is 2.36. The molecule has 1 saturated heterocycles. The van der Waals surface area contributed by atoms with Gasteiger partial charge in [-0.2, -0.15) is 4.98 Å². The van der Waals surface area contributed by atoms with Crippen LogP contribution in [0.4, 0.5) is 10.9 Å². The number of sulfone groups is 1. The fourth-order valence-electron chi connectivity index (χ4n) is 3.27. The number of hydrogen-bond donors (Lipinski definition) is 2. The topological polar surface area (TPSA) is 159 Å². The lowest BCUT2D eigenvalue weighted by atomic mass is 10.1. The number of nitrogens with two attached hydrogens (primary N) is 1. The highest BCUT2D eigenvalue weighted by Crippen LogP contribution is 2.33. The van der Waals surface area contributed by atoms with Crippen molar-refractivity contribution >= 4 is 54.2 Å². The van der Waals surface area contributed by atoms with Crippen molar-refractivity contribution in [1.29, 1.82) is 0 Å². The molecule has 2 aliphatic rings. The van der Waals surface area contributed by atoms with Crippen LogP contribution in [0.25, 0.3) is 10.5 Å². The Balaban J connectivity index is 1.41. The molecule has 1 aliphatic heterocycles. The van der Waals surface area contributed by atoms with Crippen molar-refractivity contribution in [1.82, 2.24) is 15.0 Å². The van der Waals surface area contributed by atoms with Crippen molar-refractivity contribution in [3.8, 4) is 0 Å². The third kappa shape index (κ3) is 4.65. The zero-order valence-electron chi connectivity index (χ0n) is 17.3. The molecule has 13 heteroatoms. The van der Waals surface area contributed by atoms with Crippen LogP contribution in [0.5, 0.6) is 0 Å². The van der Waals surface area contributed by atoms with Gasteiger partial charge < -0.3 is 15.3 Å². The van der Waals surface area contributed by atoms with E-state index in [4.69, 9.17) is 15.3 Å². The van der Waals surface area contributed by atoms with Crippen LogP contribution in [-0.4, -0.2) is 59.6 Å². The Hall–Kier alpha value is -3.16. The van der Waals surface area contributed by atoms with Gasteiger partial charge in [0, 0.05) is 12.0 Å². The molecule has 0 spiro atoms. The molecule has 3 heterocycles. The number of fused-ring (bicyclic) bond motifs is 1. The minimum absolute atomic E-state index is 0.0167. The fourth-order valence-corrected chi connectivity index (χ4v) is 5.72. The van der Waals surface area contributed by atoms with E-state index in [0.717, 1.165) is 11.3 Å². The van der Waals surface area contributed by atoms with Gasteiger partial charge in [-0.05, 0) is 25.0 Å². The van der Waals surface area contributed by atoms with E-state index >= 15 is 0 Å². The van der Waals surface area contributed by atoms with Gasteiger partial charge in [0.15, 0.2) is 37.3 Å². The molecule has 3 aromatic rings. The van der Waals surface area contributed by atoms with E-state index in [1.54, 1.807) is 12.1 Å². The van der Waals surface area contributed by atoms with Crippen LogP contribution in [0, 0.1) is 0 Å². The van der Waals surface area contributed by atoms with Crippen molar-refractivity contribution in [3.05, 3.63) is 36.0 Å². The highest BCUT2D eigenvalue weighted by molar-refractivity contribution is 7.92. The summed E-state index contributed by atoms with van der Waals surface area (Å²) < 4.78 is 30.2. The molecule has 3 N–H and O–H groups in total. The zero-order chi connectivity index (χ0) is 23.0. The Kier molecular flexibility index (Phi) is 5.68. The van der Waals surface area contributed by atoms with Gasteiger partial charge in [-0.1, -0.05) is 28.6 Å². The van der Waals surface area contributed by atoms with Gasteiger partial charge in [0.2, 0.25) is 0 Å². The zero-order valence-corrected chi connectivity index (χ0v) is 18.9.